The molecule has 1 aromatic carbocycles. The highest BCUT2D eigenvalue weighted by Gasteiger charge is 2.45. The summed E-state index contributed by atoms with van der Waals surface area (Å²) in [6.07, 6.45) is 3.27. The fraction of sp³-hybridized carbons (Fsp3) is 0.480. The van der Waals surface area contributed by atoms with Crippen LogP contribution >= 0.6 is 0 Å². The number of amides is 1. The van der Waals surface area contributed by atoms with Crippen LogP contribution in [-0.2, 0) is 19.7 Å². The lowest BCUT2D eigenvalue weighted by molar-refractivity contribution is -0.153. The molecule has 1 aliphatic heterocycles. The number of carbonyl (C=O) groups excluding carboxylic acids is 3. The Kier molecular flexibility index (Phi) is 5.73. The molecule has 2 aliphatic rings. The van der Waals surface area contributed by atoms with E-state index in [9.17, 15) is 14.4 Å². The lowest BCUT2D eigenvalue weighted by Gasteiger charge is -2.40. The van der Waals surface area contributed by atoms with E-state index >= 15 is 0 Å². The van der Waals surface area contributed by atoms with Gasteiger partial charge >= 0.3 is 5.97 Å². The molecule has 1 amide bonds. The maximum absolute atomic E-state index is 13.3. The van der Waals surface area contributed by atoms with Gasteiger partial charge < -0.3 is 14.2 Å². The zero-order valence-corrected chi connectivity index (χ0v) is 18.5. The Morgan fingerprint density at radius 2 is 1.71 bits per heavy atom. The van der Waals surface area contributed by atoms with Gasteiger partial charge in [0.25, 0.3) is 0 Å². The number of nitrogens with zero attached hydrogens (tertiary/aromatic N) is 2. The van der Waals surface area contributed by atoms with E-state index in [1.165, 1.54) is 0 Å². The van der Waals surface area contributed by atoms with Gasteiger partial charge in [-0.1, -0.05) is 30.3 Å². The van der Waals surface area contributed by atoms with Crippen molar-refractivity contribution in [1.82, 2.24) is 9.47 Å². The lowest BCUT2D eigenvalue weighted by atomic mass is 9.72. The molecule has 1 aliphatic carbocycles. The number of carbonyl (C=O) groups is 3. The summed E-state index contributed by atoms with van der Waals surface area (Å²) in [6, 6.07) is 12.0. The first kappa shape index (κ1) is 21.3. The summed E-state index contributed by atoms with van der Waals surface area (Å²) >= 11 is 0. The monoisotopic (exact) mass is 422 g/mol. The van der Waals surface area contributed by atoms with Crippen LogP contribution in [0.25, 0.3) is 0 Å². The fourth-order valence-electron chi connectivity index (χ4n) is 4.87. The van der Waals surface area contributed by atoms with Crippen LogP contribution < -0.4 is 0 Å². The Bertz CT molecular complexity index is 996. The van der Waals surface area contributed by atoms with Crippen LogP contribution in [0.5, 0.6) is 0 Å². The molecule has 1 saturated carbocycles. The Morgan fingerprint density at radius 1 is 1.06 bits per heavy atom. The average Bonchev–Trinajstić information content (AvgIpc) is 3.56. The van der Waals surface area contributed by atoms with Crippen LogP contribution in [-0.4, -0.2) is 46.8 Å². The van der Waals surface area contributed by atoms with Gasteiger partial charge in [0.15, 0.2) is 6.61 Å². The van der Waals surface area contributed by atoms with Gasteiger partial charge in [0, 0.05) is 43.0 Å². The summed E-state index contributed by atoms with van der Waals surface area (Å²) in [5.74, 6) is -0.541. The average molecular weight is 423 g/mol. The molecule has 2 aromatic rings. The van der Waals surface area contributed by atoms with E-state index in [0.29, 0.717) is 37.5 Å². The summed E-state index contributed by atoms with van der Waals surface area (Å²) in [6.45, 7) is 6.25. The number of aromatic nitrogens is 1. The van der Waals surface area contributed by atoms with Gasteiger partial charge in [0.2, 0.25) is 11.7 Å². The molecule has 0 atom stereocenters. The molecule has 0 spiro atoms. The van der Waals surface area contributed by atoms with Crippen LogP contribution in [0.4, 0.5) is 0 Å². The van der Waals surface area contributed by atoms with Gasteiger partial charge in [0.1, 0.15) is 0 Å². The van der Waals surface area contributed by atoms with Crippen LogP contribution in [0.2, 0.25) is 0 Å². The quantitative estimate of drug-likeness (QED) is 0.525. The SMILES string of the molecule is CC(=O)N1CCC(C(=O)OCC(=O)c2cc(C)n(C3CC3)c2C)(c2ccccc2)CC1. The Labute approximate surface area is 183 Å². The Morgan fingerprint density at radius 3 is 2.29 bits per heavy atom. The summed E-state index contributed by atoms with van der Waals surface area (Å²) < 4.78 is 7.85. The zero-order chi connectivity index (χ0) is 22.2. The first-order valence-electron chi connectivity index (χ1n) is 11.0. The van der Waals surface area contributed by atoms with Gasteiger partial charge in [-0.25, -0.2) is 0 Å². The molecule has 0 unspecified atom stereocenters. The number of ketones is 1. The minimum absolute atomic E-state index is 0.0104. The van der Waals surface area contributed by atoms with E-state index in [4.69, 9.17) is 4.74 Å². The second kappa shape index (κ2) is 8.33. The largest absolute Gasteiger partial charge is 0.457 e. The van der Waals surface area contributed by atoms with Gasteiger partial charge in [-0.2, -0.15) is 0 Å². The van der Waals surface area contributed by atoms with E-state index in [-0.39, 0.29) is 24.3 Å². The predicted octanol–water partition coefficient (Wildman–Crippen LogP) is 3.75. The van der Waals surface area contributed by atoms with Gasteiger partial charge in [-0.3, -0.25) is 14.4 Å². The first-order valence-corrected chi connectivity index (χ1v) is 11.0. The van der Waals surface area contributed by atoms with Crippen molar-refractivity contribution in [3.8, 4) is 0 Å². The highest BCUT2D eigenvalue weighted by molar-refractivity contribution is 5.99. The highest BCUT2D eigenvalue weighted by atomic mass is 16.5. The molecule has 6 nitrogen and oxygen atoms in total. The van der Waals surface area contributed by atoms with Gasteiger partial charge in [-0.15, -0.1) is 0 Å². The third kappa shape index (κ3) is 4.03. The summed E-state index contributed by atoms with van der Waals surface area (Å²) in [7, 11) is 0. The molecule has 164 valence electrons. The number of ether oxygens (including phenoxy) is 1. The molecule has 2 fully saturated rings. The molecule has 4 rings (SSSR count). The van der Waals surface area contributed by atoms with Crippen molar-refractivity contribution in [1.29, 1.82) is 0 Å². The molecule has 2 heterocycles. The summed E-state index contributed by atoms with van der Waals surface area (Å²) in [5, 5.41) is 0. The predicted molar refractivity (Wildman–Crippen MR) is 117 cm³/mol. The number of aryl methyl sites for hydroxylation is 1. The highest BCUT2D eigenvalue weighted by Crippen LogP contribution is 2.39. The standard InChI is InChI=1S/C25H30N2O4/c1-17-15-22(18(2)27(17)21-9-10-21)23(29)16-31-24(30)25(20-7-5-4-6-8-20)11-13-26(14-12-25)19(3)28/h4-8,15,21H,9-14,16H2,1-3H3. The molecule has 1 saturated heterocycles. The molecule has 0 radical (unpaired) electrons. The van der Waals surface area contributed by atoms with Crippen molar-refractivity contribution >= 4 is 17.7 Å². The number of hydrogen-bond acceptors (Lipinski definition) is 4. The minimum atomic E-state index is -0.835. The van der Waals surface area contributed by atoms with E-state index < -0.39 is 5.41 Å². The topological polar surface area (TPSA) is 68.6 Å². The normalized spacial score (nSPS) is 18.0. The number of Topliss-reactive ketones (excluding diaryl/α,β-unsaturated/α-hetero) is 1. The summed E-state index contributed by atoms with van der Waals surface area (Å²) in [5.41, 5.74) is 2.71. The van der Waals surface area contributed by atoms with Gasteiger partial charge in [-0.05, 0) is 51.2 Å². The molecule has 1 aromatic heterocycles. The molecule has 6 heteroatoms. The molecular formula is C25H30N2O4. The maximum Gasteiger partial charge on any atom is 0.317 e. The van der Waals surface area contributed by atoms with E-state index in [2.05, 4.69) is 4.57 Å². The number of esters is 1. The second-order valence-electron chi connectivity index (χ2n) is 8.84. The third-order valence-electron chi connectivity index (χ3n) is 6.81. The Hall–Kier alpha value is -2.89. The van der Waals surface area contributed by atoms with E-state index in [1.807, 2.05) is 50.2 Å². The molecular weight excluding hydrogens is 392 g/mol. The summed E-state index contributed by atoms with van der Waals surface area (Å²) in [4.78, 5) is 39.7. The number of benzene rings is 1. The first-order chi connectivity index (χ1) is 14.8. The van der Waals surface area contributed by atoms with Crippen molar-refractivity contribution in [3.05, 3.63) is 58.9 Å². The van der Waals surface area contributed by atoms with Crippen LogP contribution in [0.15, 0.2) is 36.4 Å². The van der Waals surface area contributed by atoms with E-state index in [0.717, 1.165) is 29.8 Å². The number of rotatable bonds is 6. The van der Waals surface area contributed by atoms with E-state index in [1.54, 1.807) is 11.8 Å². The Balaban J connectivity index is 1.50. The number of hydrogen-bond donors (Lipinski definition) is 0. The van der Waals surface area contributed by atoms with Crippen molar-refractivity contribution in [3.63, 3.8) is 0 Å². The molecule has 0 bridgehead atoms. The molecule has 31 heavy (non-hydrogen) atoms. The molecule has 0 N–H and O–H groups in total. The van der Waals surface area contributed by atoms with Crippen LogP contribution in [0.1, 0.15) is 66.0 Å². The van der Waals surface area contributed by atoms with Crippen molar-refractivity contribution < 1.29 is 19.1 Å². The fourth-order valence-corrected chi connectivity index (χ4v) is 4.87. The number of piperidine rings is 1. The minimum Gasteiger partial charge on any atom is -0.457 e. The maximum atomic E-state index is 13.3. The number of likely N-dealkylation sites (tertiary alicyclic amines) is 1. The van der Waals surface area contributed by atoms with Crippen molar-refractivity contribution in [2.75, 3.05) is 19.7 Å². The van der Waals surface area contributed by atoms with Crippen LogP contribution in [0.3, 0.4) is 0 Å². The lowest BCUT2D eigenvalue weighted by Crippen LogP contribution is -2.49. The zero-order valence-electron chi connectivity index (χ0n) is 18.5. The second-order valence-corrected chi connectivity index (χ2v) is 8.84. The smallest absolute Gasteiger partial charge is 0.317 e. The van der Waals surface area contributed by atoms with Gasteiger partial charge in [0.05, 0.1) is 5.41 Å². The van der Waals surface area contributed by atoms with Crippen LogP contribution in [0, 0.1) is 13.8 Å². The van der Waals surface area contributed by atoms with Crippen molar-refractivity contribution in [2.45, 2.75) is 57.9 Å². The third-order valence-corrected chi connectivity index (χ3v) is 6.81. The van der Waals surface area contributed by atoms with Crippen molar-refractivity contribution in [2.24, 2.45) is 0 Å².